The van der Waals surface area contributed by atoms with Crippen LogP contribution in [0.2, 0.25) is 0 Å². The summed E-state index contributed by atoms with van der Waals surface area (Å²) < 4.78 is 0. The van der Waals surface area contributed by atoms with E-state index < -0.39 is 6.04 Å². The van der Waals surface area contributed by atoms with Gasteiger partial charge in [0.25, 0.3) is 0 Å². The van der Waals surface area contributed by atoms with Crippen LogP contribution in [0.5, 0.6) is 0 Å². The second-order valence-electron chi connectivity index (χ2n) is 2.55. The fraction of sp³-hybridized carbons (Fsp3) is 0.833. The van der Waals surface area contributed by atoms with Crippen LogP contribution >= 0.6 is 11.8 Å². The fourth-order valence-corrected chi connectivity index (χ4v) is 2.38. The highest BCUT2D eigenvalue weighted by Crippen LogP contribution is 2.24. The molecule has 4 heteroatoms. The Morgan fingerprint density at radius 1 is 1.70 bits per heavy atom. The molecule has 3 nitrogen and oxygen atoms in total. The largest absolute Gasteiger partial charge is 0.368 e. The van der Waals surface area contributed by atoms with Crippen molar-refractivity contribution in [1.82, 2.24) is 0 Å². The first-order valence-electron chi connectivity index (χ1n) is 3.34. The van der Waals surface area contributed by atoms with E-state index in [2.05, 4.69) is 0 Å². The number of hydrogen-bond donors (Lipinski definition) is 2. The van der Waals surface area contributed by atoms with Gasteiger partial charge in [0.15, 0.2) is 0 Å². The monoisotopic (exact) mass is 160 g/mol. The number of nitrogens with two attached hydrogens (primary N) is 2. The number of hydrogen-bond acceptors (Lipinski definition) is 3. The second-order valence-corrected chi connectivity index (χ2v) is 3.70. The molecule has 1 aliphatic heterocycles. The Balaban J connectivity index is 2.39. The number of rotatable bonds is 2. The summed E-state index contributed by atoms with van der Waals surface area (Å²) in [5.74, 6) is 2.06. The minimum Gasteiger partial charge on any atom is -0.368 e. The molecule has 1 fully saturated rings. The zero-order chi connectivity index (χ0) is 7.56. The lowest BCUT2D eigenvalue weighted by Crippen LogP contribution is -2.42. The SMILES string of the molecule is NC(=O)C(N)C1CCSC1. The molecule has 1 rings (SSSR count). The van der Waals surface area contributed by atoms with Gasteiger partial charge < -0.3 is 11.5 Å². The lowest BCUT2D eigenvalue weighted by atomic mass is 10.00. The number of primary amides is 1. The number of thioether (sulfide) groups is 1. The van der Waals surface area contributed by atoms with Gasteiger partial charge in [-0.15, -0.1) is 0 Å². The number of carbonyl (C=O) groups is 1. The molecular weight excluding hydrogens is 148 g/mol. The second kappa shape index (κ2) is 3.25. The third-order valence-corrected chi connectivity index (χ3v) is 2.99. The zero-order valence-electron chi connectivity index (χ0n) is 5.75. The first-order valence-corrected chi connectivity index (χ1v) is 4.50. The summed E-state index contributed by atoms with van der Waals surface area (Å²) >= 11 is 1.84. The molecule has 0 bridgehead atoms. The van der Waals surface area contributed by atoms with Gasteiger partial charge in [0.05, 0.1) is 6.04 Å². The molecule has 10 heavy (non-hydrogen) atoms. The molecule has 0 radical (unpaired) electrons. The van der Waals surface area contributed by atoms with Gasteiger partial charge in [0.1, 0.15) is 0 Å². The summed E-state index contributed by atoms with van der Waals surface area (Å²) in [6, 6.07) is -0.421. The third-order valence-electron chi connectivity index (χ3n) is 1.80. The first kappa shape index (κ1) is 7.88. The van der Waals surface area contributed by atoms with Gasteiger partial charge in [-0.05, 0) is 23.8 Å². The molecule has 1 amide bonds. The van der Waals surface area contributed by atoms with Crippen molar-refractivity contribution in [3.8, 4) is 0 Å². The topological polar surface area (TPSA) is 69.1 Å². The fourth-order valence-electron chi connectivity index (χ4n) is 1.07. The van der Waals surface area contributed by atoms with Gasteiger partial charge in [-0.2, -0.15) is 11.8 Å². The van der Waals surface area contributed by atoms with Crippen LogP contribution in [0.25, 0.3) is 0 Å². The lowest BCUT2D eigenvalue weighted by Gasteiger charge is -2.13. The Bertz CT molecular complexity index is 134. The third kappa shape index (κ3) is 1.64. The van der Waals surface area contributed by atoms with Crippen molar-refractivity contribution in [3.05, 3.63) is 0 Å². The van der Waals surface area contributed by atoms with E-state index in [-0.39, 0.29) is 5.91 Å². The molecular formula is C6H12N2OS. The van der Waals surface area contributed by atoms with Crippen LogP contribution in [0.4, 0.5) is 0 Å². The molecule has 58 valence electrons. The van der Waals surface area contributed by atoms with Gasteiger partial charge >= 0.3 is 0 Å². The quantitative estimate of drug-likeness (QED) is 0.575. The van der Waals surface area contributed by atoms with Crippen LogP contribution < -0.4 is 11.5 Å². The van der Waals surface area contributed by atoms with Gasteiger partial charge in [-0.3, -0.25) is 4.79 Å². The number of amides is 1. The molecule has 0 aromatic carbocycles. The molecule has 0 saturated carbocycles. The van der Waals surface area contributed by atoms with Gasteiger partial charge in [-0.25, -0.2) is 0 Å². The lowest BCUT2D eigenvalue weighted by molar-refractivity contribution is -0.120. The normalized spacial score (nSPS) is 28.3. The predicted octanol–water partition coefficient (Wildman–Crippen LogP) is -0.448. The summed E-state index contributed by atoms with van der Waals surface area (Å²) in [6.07, 6.45) is 1.04. The van der Waals surface area contributed by atoms with Crippen LogP contribution in [-0.2, 0) is 4.79 Å². The molecule has 1 heterocycles. The molecule has 0 aromatic rings. The maximum absolute atomic E-state index is 10.6. The Hall–Kier alpha value is -0.220. The highest BCUT2D eigenvalue weighted by atomic mass is 32.2. The Morgan fingerprint density at radius 2 is 2.40 bits per heavy atom. The minimum absolute atomic E-state index is 0.322. The first-order chi connectivity index (χ1) is 4.72. The van der Waals surface area contributed by atoms with E-state index in [0.29, 0.717) is 5.92 Å². The van der Waals surface area contributed by atoms with Crippen molar-refractivity contribution in [2.24, 2.45) is 17.4 Å². The molecule has 0 aliphatic carbocycles. The van der Waals surface area contributed by atoms with Crippen molar-refractivity contribution in [2.45, 2.75) is 12.5 Å². The van der Waals surface area contributed by atoms with Crippen LogP contribution in [0, 0.1) is 5.92 Å². The van der Waals surface area contributed by atoms with Crippen molar-refractivity contribution in [3.63, 3.8) is 0 Å². The molecule has 4 N–H and O–H groups in total. The van der Waals surface area contributed by atoms with E-state index >= 15 is 0 Å². The molecule has 1 saturated heterocycles. The minimum atomic E-state index is -0.421. The van der Waals surface area contributed by atoms with E-state index in [9.17, 15) is 4.79 Å². The van der Waals surface area contributed by atoms with E-state index in [4.69, 9.17) is 11.5 Å². The molecule has 2 unspecified atom stereocenters. The smallest absolute Gasteiger partial charge is 0.234 e. The average molecular weight is 160 g/mol. The summed E-state index contributed by atoms with van der Waals surface area (Å²) in [5, 5.41) is 0. The van der Waals surface area contributed by atoms with Crippen LogP contribution in [0.1, 0.15) is 6.42 Å². The highest BCUT2D eigenvalue weighted by molar-refractivity contribution is 7.99. The zero-order valence-corrected chi connectivity index (χ0v) is 6.56. The van der Waals surface area contributed by atoms with Crippen LogP contribution in [-0.4, -0.2) is 23.5 Å². The van der Waals surface area contributed by atoms with Crippen molar-refractivity contribution in [1.29, 1.82) is 0 Å². The van der Waals surface area contributed by atoms with E-state index in [1.165, 1.54) is 0 Å². The van der Waals surface area contributed by atoms with E-state index in [1.807, 2.05) is 11.8 Å². The predicted molar refractivity (Wildman–Crippen MR) is 42.6 cm³/mol. The van der Waals surface area contributed by atoms with E-state index in [1.54, 1.807) is 0 Å². The van der Waals surface area contributed by atoms with E-state index in [0.717, 1.165) is 17.9 Å². The van der Waals surface area contributed by atoms with Gasteiger partial charge in [0, 0.05) is 0 Å². The molecule has 0 aromatic heterocycles. The Morgan fingerprint density at radius 3 is 2.80 bits per heavy atom. The number of carbonyl (C=O) groups excluding carboxylic acids is 1. The molecule has 2 atom stereocenters. The maximum Gasteiger partial charge on any atom is 0.234 e. The standard InChI is InChI=1S/C6H12N2OS/c7-5(6(8)9)4-1-2-10-3-4/h4-5H,1-3,7H2,(H2,8,9). The van der Waals surface area contributed by atoms with Crippen molar-refractivity contribution < 1.29 is 4.79 Å². The van der Waals surface area contributed by atoms with Crippen LogP contribution in [0.15, 0.2) is 0 Å². The maximum atomic E-state index is 10.6. The summed E-state index contributed by atoms with van der Waals surface area (Å²) in [4.78, 5) is 10.6. The molecule has 1 aliphatic rings. The molecule has 0 spiro atoms. The Kier molecular flexibility index (Phi) is 2.56. The summed E-state index contributed by atoms with van der Waals surface area (Å²) in [6.45, 7) is 0. The van der Waals surface area contributed by atoms with Gasteiger partial charge in [-0.1, -0.05) is 0 Å². The summed E-state index contributed by atoms with van der Waals surface area (Å²) in [5.41, 5.74) is 10.6. The average Bonchev–Trinajstić information content (AvgIpc) is 2.36. The Labute approximate surface area is 64.5 Å². The highest BCUT2D eigenvalue weighted by Gasteiger charge is 2.25. The van der Waals surface area contributed by atoms with Crippen molar-refractivity contribution in [2.75, 3.05) is 11.5 Å². The van der Waals surface area contributed by atoms with Crippen molar-refractivity contribution >= 4 is 17.7 Å². The summed E-state index contributed by atoms with van der Waals surface area (Å²) in [7, 11) is 0. The van der Waals surface area contributed by atoms with Crippen LogP contribution in [0.3, 0.4) is 0 Å². The van der Waals surface area contributed by atoms with Gasteiger partial charge in [0.2, 0.25) is 5.91 Å².